The maximum absolute atomic E-state index is 12.8. The standard InChI is InChI=1S/C18H18ClN7O/c1-10(20)7-16(21)26-17(8-11(2)25-26)23-18(27)13-9-12(3-4-14(13)19)15-5-6-22-24-15/h3-6,8-9,20-21H,7H2,1-2H3,(H,22,24)(H,23,27). The van der Waals surface area contributed by atoms with Crippen molar-refractivity contribution in [3.05, 3.63) is 52.8 Å². The summed E-state index contributed by atoms with van der Waals surface area (Å²) in [7, 11) is 0. The van der Waals surface area contributed by atoms with Gasteiger partial charge in [0.05, 0.1) is 22.0 Å². The Morgan fingerprint density at radius 1 is 1.30 bits per heavy atom. The molecule has 3 aromatic rings. The van der Waals surface area contributed by atoms with E-state index >= 15 is 0 Å². The van der Waals surface area contributed by atoms with Crippen LogP contribution >= 0.6 is 11.6 Å². The molecule has 8 nitrogen and oxygen atoms in total. The molecule has 0 aliphatic carbocycles. The molecule has 0 bridgehead atoms. The summed E-state index contributed by atoms with van der Waals surface area (Å²) in [5.74, 6) is 0.0388. The molecule has 0 saturated heterocycles. The summed E-state index contributed by atoms with van der Waals surface area (Å²) < 4.78 is 1.32. The van der Waals surface area contributed by atoms with Crippen LogP contribution in [0.5, 0.6) is 0 Å². The topological polar surface area (TPSA) is 123 Å². The predicted octanol–water partition coefficient (Wildman–Crippen LogP) is 3.74. The molecule has 3 rings (SSSR count). The lowest BCUT2D eigenvalue weighted by Crippen LogP contribution is -2.21. The van der Waals surface area contributed by atoms with Crippen molar-refractivity contribution >= 4 is 34.9 Å². The van der Waals surface area contributed by atoms with Crippen molar-refractivity contribution in [3.8, 4) is 11.3 Å². The average Bonchev–Trinajstić information content (AvgIpc) is 3.24. The van der Waals surface area contributed by atoms with Crippen LogP contribution in [0.25, 0.3) is 11.3 Å². The van der Waals surface area contributed by atoms with E-state index in [1.165, 1.54) is 4.68 Å². The first kappa shape index (κ1) is 18.5. The van der Waals surface area contributed by atoms with Gasteiger partial charge in [0.25, 0.3) is 5.91 Å². The Labute approximate surface area is 160 Å². The number of nitrogens with one attached hydrogen (secondary N) is 4. The molecule has 0 atom stereocenters. The van der Waals surface area contributed by atoms with E-state index in [0.29, 0.717) is 27.8 Å². The van der Waals surface area contributed by atoms with Gasteiger partial charge in [-0.15, -0.1) is 0 Å². The molecule has 0 unspecified atom stereocenters. The zero-order chi connectivity index (χ0) is 19.6. The third-order valence-corrected chi connectivity index (χ3v) is 4.11. The van der Waals surface area contributed by atoms with Crippen LogP contribution in [0.3, 0.4) is 0 Å². The smallest absolute Gasteiger partial charge is 0.258 e. The number of hydrogen-bond donors (Lipinski definition) is 4. The first-order valence-corrected chi connectivity index (χ1v) is 8.52. The van der Waals surface area contributed by atoms with Crippen molar-refractivity contribution in [2.75, 3.05) is 5.32 Å². The number of nitrogens with zero attached hydrogens (tertiary/aromatic N) is 3. The Balaban J connectivity index is 1.89. The summed E-state index contributed by atoms with van der Waals surface area (Å²) >= 11 is 6.22. The molecular weight excluding hydrogens is 366 g/mol. The van der Waals surface area contributed by atoms with Gasteiger partial charge in [0.15, 0.2) is 0 Å². The second-order valence-electron chi connectivity index (χ2n) is 6.11. The lowest BCUT2D eigenvalue weighted by molar-refractivity contribution is 0.102. The first-order chi connectivity index (χ1) is 12.8. The van der Waals surface area contributed by atoms with Crippen LogP contribution in [0.2, 0.25) is 5.02 Å². The Bertz CT molecular complexity index is 1020. The Morgan fingerprint density at radius 3 is 2.74 bits per heavy atom. The largest absolute Gasteiger partial charge is 0.310 e. The van der Waals surface area contributed by atoms with Gasteiger partial charge in [0.2, 0.25) is 0 Å². The number of halogens is 1. The molecule has 0 radical (unpaired) electrons. The average molecular weight is 384 g/mol. The van der Waals surface area contributed by atoms with Crippen LogP contribution in [0, 0.1) is 17.7 Å². The first-order valence-electron chi connectivity index (χ1n) is 8.14. The summed E-state index contributed by atoms with van der Waals surface area (Å²) in [5.41, 5.74) is 2.82. The molecule has 2 aromatic heterocycles. The van der Waals surface area contributed by atoms with Gasteiger partial charge in [-0.05, 0) is 32.0 Å². The zero-order valence-electron chi connectivity index (χ0n) is 14.8. The highest BCUT2D eigenvalue weighted by molar-refractivity contribution is 6.34. The molecule has 9 heteroatoms. The number of carbonyl (C=O) groups excluding carboxylic acids is 1. The minimum Gasteiger partial charge on any atom is -0.310 e. The molecule has 27 heavy (non-hydrogen) atoms. The van der Waals surface area contributed by atoms with Gasteiger partial charge in [-0.3, -0.25) is 15.3 Å². The van der Waals surface area contributed by atoms with Crippen LogP contribution in [-0.4, -0.2) is 37.4 Å². The van der Waals surface area contributed by atoms with Crippen molar-refractivity contribution < 1.29 is 4.79 Å². The molecule has 0 aliphatic heterocycles. The van der Waals surface area contributed by atoms with E-state index in [-0.39, 0.29) is 12.3 Å². The molecular formula is C18H18ClN7O. The van der Waals surface area contributed by atoms with Crippen LogP contribution < -0.4 is 5.32 Å². The third-order valence-electron chi connectivity index (χ3n) is 3.78. The summed E-state index contributed by atoms with van der Waals surface area (Å²) in [6, 6.07) is 8.58. The second-order valence-corrected chi connectivity index (χ2v) is 6.51. The monoisotopic (exact) mass is 383 g/mol. The molecule has 138 valence electrons. The molecule has 0 spiro atoms. The lowest BCUT2D eigenvalue weighted by Gasteiger charge is -2.11. The fourth-order valence-corrected chi connectivity index (χ4v) is 2.79. The maximum atomic E-state index is 12.8. The van der Waals surface area contributed by atoms with E-state index in [1.807, 2.05) is 0 Å². The Kier molecular flexibility index (Phi) is 5.18. The third kappa shape index (κ3) is 4.12. The van der Waals surface area contributed by atoms with Crippen LogP contribution in [0.4, 0.5) is 5.82 Å². The van der Waals surface area contributed by atoms with Gasteiger partial charge >= 0.3 is 0 Å². The van der Waals surface area contributed by atoms with E-state index in [0.717, 1.165) is 11.3 Å². The number of amides is 1. The molecule has 4 N–H and O–H groups in total. The van der Waals surface area contributed by atoms with Crippen molar-refractivity contribution in [2.24, 2.45) is 0 Å². The highest BCUT2D eigenvalue weighted by Gasteiger charge is 2.17. The van der Waals surface area contributed by atoms with Crippen LogP contribution in [0.15, 0.2) is 36.5 Å². The number of rotatable bonds is 5. The second kappa shape index (κ2) is 7.55. The Hall–Kier alpha value is -3.26. The van der Waals surface area contributed by atoms with E-state index in [9.17, 15) is 4.79 Å². The van der Waals surface area contributed by atoms with Gasteiger partial charge < -0.3 is 10.7 Å². The minimum atomic E-state index is -0.415. The normalized spacial score (nSPS) is 10.6. The number of aromatic nitrogens is 4. The maximum Gasteiger partial charge on any atom is 0.258 e. The number of aromatic amines is 1. The number of anilines is 1. The van der Waals surface area contributed by atoms with Crippen LogP contribution in [0.1, 0.15) is 29.4 Å². The quantitative estimate of drug-likeness (QED) is 0.396. The number of hydrogen-bond acceptors (Lipinski definition) is 5. The van der Waals surface area contributed by atoms with E-state index in [1.54, 1.807) is 50.4 Å². The lowest BCUT2D eigenvalue weighted by atomic mass is 10.1. The van der Waals surface area contributed by atoms with Gasteiger partial charge in [0.1, 0.15) is 11.7 Å². The number of H-pyrrole nitrogens is 1. The molecule has 0 saturated carbocycles. The van der Waals surface area contributed by atoms with Crippen molar-refractivity contribution in [1.82, 2.24) is 20.0 Å². The Morgan fingerprint density at radius 2 is 2.07 bits per heavy atom. The molecule has 0 aliphatic rings. The minimum absolute atomic E-state index is 0.100. The highest BCUT2D eigenvalue weighted by Crippen LogP contribution is 2.25. The summed E-state index contributed by atoms with van der Waals surface area (Å²) in [6.07, 6.45) is 1.77. The summed E-state index contributed by atoms with van der Waals surface area (Å²) in [6.45, 7) is 3.38. The molecule has 2 heterocycles. The number of aryl methyl sites for hydroxylation is 1. The number of benzene rings is 1. The zero-order valence-corrected chi connectivity index (χ0v) is 15.6. The fraction of sp³-hybridized carbons (Fsp3) is 0.167. The molecule has 1 aromatic carbocycles. The van der Waals surface area contributed by atoms with Crippen molar-refractivity contribution in [2.45, 2.75) is 20.3 Å². The number of carbonyl (C=O) groups is 1. The SMILES string of the molecule is CC(=N)CC(=N)n1nc(C)cc1NC(=O)c1cc(-c2ccn[nH]2)ccc1Cl. The van der Waals surface area contributed by atoms with Crippen molar-refractivity contribution in [1.29, 1.82) is 10.8 Å². The fourth-order valence-electron chi connectivity index (χ4n) is 2.59. The molecule has 1 amide bonds. The highest BCUT2D eigenvalue weighted by atomic mass is 35.5. The van der Waals surface area contributed by atoms with Gasteiger partial charge in [-0.25, -0.2) is 4.68 Å². The van der Waals surface area contributed by atoms with Gasteiger partial charge in [0, 0.05) is 30.0 Å². The van der Waals surface area contributed by atoms with E-state index in [4.69, 9.17) is 22.4 Å². The molecule has 0 fully saturated rings. The van der Waals surface area contributed by atoms with Gasteiger partial charge in [-0.1, -0.05) is 17.7 Å². The van der Waals surface area contributed by atoms with E-state index < -0.39 is 5.91 Å². The summed E-state index contributed by atoms with van der Waals surface area (Å²) in [4.78, 5) is 12.8. The van der Waals surface area contributed by atoms with Gasteiger partial charge in [-0.2, -0.15) is 10.2 Å². The van der Waals surface area contributed by atoms with Crippen LogP contribution in [-0.2, 0) is 0 Å². The predicted molar refractivity (Wildman–Crippen MR) is 105 cm³/mol. The summed E-state index contributed by atoms with van der Waals surface area (Å²) in [5, 5.41) is 29.7. The van der Waals surface area contributed by atoms with Crippen molar-refractivity contribution in [3.63, 3.8) is 0 Å². The van der Waals surface area contributed by atoms with E-state index in [2.05, 4.69) is 20.6 Å².